The first-order valence-corrected chi connectivity index (χ1v) is 17.2. The van der Waals surface area contributed by atoms with E-state index in [1.807, 2.05) is 93.7 Å². The number of ether oxygens (including phenoxy) is 1. The van der Waals surface area contributed by atoms with Crippen LogP contribution in [-0.4, -0.2) is 39.9 Å². The summed E-state index contributed by atoms with van der Waals surface area (Å²) < 4.78 is 5.62. The fourth-order valence-electron chi connectivity index (χ4n) is 6.25. The SMILES string of the molecule is CCN(C(=O)NC(Cc1c[nH]c2ccccc12)c1ccccc1)C(=O)C(CCCc1ccc(-c2ccccc2)cc1)CC(=O)OC(C)(C)C. The molecular weight excluding hydrogens is 610 g/mol. The second-order valence-corrected chi connectivity index (χ2v) is 13.5. The molecule has 254 valence electrons. The standard InChI is InChI=1S/C42H47N3O4/c1-5-45(41(48)44-38(33-18-10-7-11-19-33)27-35-29-43-37-22-13-12-21-36(35)37)40(47)34(28-39(46)49-42(2,3)4)20-14-15-30-23-25-32(26-24-30)31-16-8-6-9-17-31/h6-13,16-19,21-26,29,34,38,43H,5,14-15,20,27-28H2,1-4H3,(H,44,48). The number of para-hydroxylation sites is 1. The summed E-state index contributed by atoms with van der Waals surface area (Å²) in [6.07, 6.45) is 4.28. The number of hydrogen-bond acceptors (Lipinski definition) is 4. The van der Waals surface area contributed by atoms with Gasteiger partial charge in [-0.2, -0.15) is 0 Å². The third kappa shape index (κ3) is 9.69. The van der Waals surface area contributed by atoms with E-state index in [0.29, 0.717) is 19.3 Å². The van der Waals surface area contributed by atoms with Crippen LogP contribution in [0.1, 0.15) is 69.7 Å². The zero-order valence-electron chi connectivity index (χ0n) is 28.9. The summed E-state index contributed by atoms with van der Waals surface area (Å²) in [4.78, 5) is 45.6. The third-order valence-electron chi connectivity index (χ3n) is 8.69. The van der Waals surface area contributed by atoms with Crippen molar-refractivity contribution in [3.63, 3.8) is 0 Å². The molecule has 2 N–H and O–H groups in total. The van der Waals surface area contributed by atoms with Crippen molar-refractivity contribution >= 4 is 28.8 Å². The van der Waals surface area contributed by atoms with Gasteiger partial charge in [-0.3, -0.25) is 14.5 Å². The highest BCUT2D eigenvalue weighted by Crippen LogP contribution is 2.26. The van der Waals surface area contributed by atoms with Crippen LogP contribution in [-0.2, 0) is 27.2 Å². The van der Waals surface area contributed by atoms with E-state index in [2.05, 4.69) is 52.8 Å². The molecule has 0 fully saturated rings. The molecule has 1 aromatic heterocycles. The predicted octanol–water partition coefficient (Wildman–Crippen LogP) is 9.05. The maximum atomic E-state index is 14.1. The number of nitrogens with zero attached hydrogens (tertiary/aromatic N) is 1. The highest BCUT2D eigenvalue weighted by Gasteiger charge is 2.32. The van der Waals surface area contributed by atoms with E-state index in [9.17, 15) is 14.4 Å². The summed E-state index contributed by atoms with van der Waals surface area (Å²) in [5.74, 6) is -1.52. The molecular formula is C42H47N3O4. The minimum atomic E-state index is -0.701. The van der Waals surface area contributed by atoms with E-state index < -0.39 is 23.5 Å². The van der Waals surface area contributed by atoms with Gasteiger partial charge in [0.05, 0.1) is 12.5 Å². The Kier molecular flexibility index (Phi) is 11.7. The van der Waals surface area contributed by atoms with Gasteiger partial charge in [0.2, 0.25) is 5.91 Å². The molecule has 0 radical (unpaired) electrons. The van der Waals surface area contributed by atoms with Crippen molar-refractivity contribution in [2.24, 2.45) is 5.92 Å². The van der Waals surface area contributed by atoms with E-state index in [-0.39, 0.29) is 24.9 Å². The lowest BCUT2D eigenvalue weighted by molar-refractivity contribution is -0.158. The Labute approximate surface area is 289 Å². The van der Waals surface area contributed by atoms with Crippen LogP contribution in [0.25, 0.3) is 22.0 Å². The number of benzene rings is 4. The van der Waals surface area contributed by atoms with Crippen molar-refractivity contribution in [1.82, 2.24) is 15.2 Å². The van der Waals surface area contributed by atoms with E-state index in [4.69, 9.17) is 4.74 Å². The Morgan fingerprint density at radius 1 is 0.816 bits per heavy atom. The lowest BCUT2D eigenvalue weighted by Gasteiger charge is -2.28. The number of nitrogens with one attached hydrogen (secondary N) is 2. The summed E-state index contributed by atoms with van der Waals surface area (Å²) >= 11 is 0. The molecule has 0 saturated carbocycles. The number of hydrogen-bond donors (Lipinski definition) is 2. The summed E-state index contributed by atoms with van der Waals surface area (Å²) in [5, 5.41) is 4.24. The normalized spacial score (nSPS) is 12.7. The van der Waals surface area contributed by atoms with E-state index >= 15 is 0 Å². The van der Waals surface area contributed by atoms with Crippen LogP contribution in [0.2, 0.25) is 0 Å². The molecule has 49 heavy (non-hydrogen) atoms. The van der Waals surface area contributed by atoms with E-state index in [1.54, 1.807) is 6.92 Å². The van der Waals surface area contributed by atoms with Crippen LogP contribution in [0.15, 0.2) is 115 Å². The van der Waals surface area contributed by atoms with Crippen molar-refractivity contribution in [3.8, 4) is 11.1 Å². The molecule has 1 heterocycles. The van der Waals surface area contributed by atoms with Crippen molar-refractivity contribution in [3.05, 3.63) is 132 Å². The number of rotatable bonds is 13. The number of esters is 1. The second-order valence-electron chi connectivity index (χ2n) is 13.5. The van der Waals surface area contributed by atoms with E-state index in [1.165, 1.54) is 4.90 Å². The fraction of sp³-hybridized carbons (Fsp3) is 0.310. The van der Waals surface area contributed by atoms with Crippen molar-refractivity contribution in [1.29, 1.82) is 0 Å². The Morgan fingerprint density at radius 3 is 2.12 bits per heavy atom. The Morgan fingerprint density at radius 2 is 1.45 bits per heavy atom. The number of imide groups is 1. The number of carbonyl (C=O) groups excluding carboxylic acids is 3. The molecule has 7 heteroatoms. The highest BCUT2D eigenvalue weighted by molar-refractivity contribution is 5.97. The molecule has 5 rings (SSSR count). The van der Waals surface area contributed by atoms with Gasteiger partial charge >= 0.3 is 12.0 Å². The zero-order valence-corrected chi connectivity index (χ0v) is 28.9. The number of aromatic amines is 1. The van der Waals surface area contributed by atoms with Crippen molar-refractivity contribution in [2.45, 2.75) is 71.4 Å². The summed E-state index contributed by atoms with van der Waals surface area (Å²) in [5.41, 5.74) is 5.80. The maximum Gasteiger partial charge on any atom is 0.324 e. The molecule has 4 aromatic carbocycles. The molecule has 0 bridgehead atoms. The maximum absolute atomic E-state index is 14.1. The molecule has 0 spiro atoms. The molecule has 3 amide bonds. The Bertz CT molecular complexity index is 1830. The van der Waals surface area contributed by atoms with Gasteiger partial charge in [0.15, 0.2) is 0 Å². The number of urea groups is 1. The topological polar surface area (TPSA) is 91.5 Å². The lowest BCUT2D eigenvalue weighted by Crippen LogP contribution is -2.48. The molecule has 2 unspecified atom stereocenters. The van der Waals surface area contributed by atoms with E-state index in [0.717, 1.165) is 45.1 Å². The molecule has 0 aliphatic carbocycles. The van der Waals surface area contributed by atoms with Crippen molar-refractivity contribution < 1.29 is 19.1 Å². The minimum absolute atomic E-state index is 0.0930. The molecule has 2 atom stereocenters. The minimum Gasteiger partial charge on any atom is -0.460 e. The van der Waals surface area contributed by atoms with Crippen LogP contribution in [0.3, 0.4) is 0 Å². The van der Waals surface area contributed by atoms with Gasteiger partial charge < -0.3 is 15.0 Å². The first-order chi connectivity index (χ1) is 23.6. The van der Waals surface area contributed by atoms with Gasteiger partial charge in [-0.05, 0) is 87.3 Å². The van der Waals surface area contributed by atoms with Crippen LogP contribution in [0, 0.1) is 5.92 Å². The van der Waals surface area contributed by atoms with Gasteiger partial charge in [-0.25, -0.2) is 4.79 Å². The first-order valence-electron chi connectivity index (χ1n) is 17.2. The largest absolute Gasteiger partial charge is 0.460 e. The fourth-order valence-corrected chi connectivity index (χ4v) is 6.25. The number of H-pyrrole nitrogens is 1. The van der Waals surface area contributed by atoms with Gasteiger partial charge in [0.1, 0.15) is 5.60 Å². The molecule has 7 nitrogen and oxygen atoms in total. The van der Waals surface area contributed by atoms with Gasteiger partial charge in [-0.1, -0.05) is 103 Å². The Hall–Kier alpha value is -5.17. The first kappa shape index (κ1) is 35.1. The quantitative estimate of drug-likeness (QED) is 0.124. The summed E-state index contributed by atoms with van der Waals surface area (Å²) in [7, 11) is 0. The average Bonchev–Trinajstić information content (AvgIpc) is 3.50. The molecule has 0 saturated heterocycles. The predicted molar refractivity (Wildman–Crippen MR) is 196 cm³/mol. The van der Waals surface area contributed by atoms with Gasteiger partial charge in [0.25, 0.3) is 0 Å². The van der Waals surface area contributed by atoms with Crippen LogP contribution < -0.4 is 5.32 Å². The zero-order chi connectivity index (χ0) is 34.8. The van der Waals surface area contributed by atoms with Gasteiger partial charge in [0, 0.05) is 29.6 Å². The molecule has 0 aliphatic rings. The lowest BCUT2D eigenvalue weighted by atomic mass is 9.94. The number of aryl methyl sites for hydroxylation is 1. The van der Waals surface area contributed by atoms with Crippen LogP contribution in [0.4, 0.5) is 4.79 Å². The number of fused-ring (bicyclic) bond motifs is 1. The number of aromatic nitrogens is 1. The van der Waals surface area contributed by atoms with Crippen LogP contribution in [0.5, 0.6) is 0 Å². The highest BCUT2D eigenvalue weighted by atomic mass is 16.6. The summed E-state index contributed by atoms with van der Waals surface area (Å²) in [6, 6.07) is 35.7. The van der Waals surface area contributed by atoms with Gasteiger partial charge in [-0.15, -0.1) is 0 Å². The average molecular weight is 658 g/mol. The number of carbonyl (C=O) groups is 3. The molecule has 5 aromatic rings. The third-order valence-corrected chi connectivity index (χ3v) is 8.69. The monoisotopic (exact) mass is 657 g/mol. The Balaban J connectivity index is 1.30. The summed E-state index contributed by atoms with van der Waals surface area (Å²) in [6.45, 7) is 7.39. The second kappa shape index (κ2) is 16.3. The molecule has 0 aliphatic heterocycles. The number of amides is 3. The van der Waals surface area contributed by atoms with Crippen LogP contribution >= 0.6 is 0 Å². The smallest absolute Gasteiger partial charge is 0.324 e. The van der Waals surface area contributed by atoms with Crippen molar-refractivity contribution in [2.75, 3.05) is 6.54 Å².